The van der Waals surface area contributed by atoms with Gasteiger partial charge in [0, 0.05) is 31.5 Å². The molecule has 16 heavy (non-hydrogen) atoms. The smallest absolute Gasteiger partial charge is 0.233 e. The van der Waals surface area contributed by atoms with Crippen LogP contribution in [0, 0.1) is 11.3 Å². The number of amides is 1. The van der Waals surface area contributed by atoms with Crippen molar-refractivity contribution >= 4 is 5.91 Å². The second-order valence-corrected chi connectivity index (χ2v) is 4.33. The summed E-state index contributed by atoms with van der Waals surface area (Å²) in [7, 11) is 0. The van der Waals surface area contributed by atoms with Crippen molar-refractivity contribution in [1.82, 2.24) is 10.3 Å². The van der Waals surface area contributed by atoms with Gasteiger partial charge in [-0.3, -0.25) is 15.1 Å². The molecule has 3 N–H and O–H groups in total. The summed E-state index contributed by atoms with van der Waals surface area (Å²) in [5.41, 5.74) is 2.14. The van der Waals surface area contributed by atoms with E-state index in [4.69, 9.17) is 11.1 Å². The third-order valence-electron chi connectivity index (χ3n) is 3.01. The van der Waals surface area contributed by atoms with Crippen LogP contribution in [0.4, 0.5) is 0 Å². The van der Waals surface area contributed by atoms with Gasteiger partial charge in [-0.1, -0.05) is 0 Å². The monoisotopic (exact) mass is 224 g/mol. The molecule has 0 aliphatic heterocycles. The topological polar surface area (TPSA) is 82.2 Å². The van der Waals surface area contributed by atoms with E-state index in [9.17, 15) is 4.79 Å². The zero-order chi connectivity index (χ0) is 12.0. The highest BCUT2D eigenvalue weighted by Crippen LogP contribution is 2.29. The van der Waals surface area contributed by atoms with Gasteiger partial charge in [0.25, 0.3) is 0 Å². The van der Waals surface area contributed by atoms with E-state index in [1.54, 1.807) is 0 Å². The fourth-order valence-corrected chi connectivity index (χ4v) is 1.93. The van der Waals surface area contributed by atoms with Crippen molar-refractivity contribution in [3.8, 4) is 6.07 Å². The second-order valence-electron chi connectivity index (χ2n) is 4.33. The maximum atomic E-state index is 11.0. The molecule has 1 aliphatic rings. The number of carbonyl (C=O) groups is 1. The summed E-state index contributed by atoms with van der Waals surface area (Å²) in [6, 6.07) is 3.15. The van der Waals surface area contributed by atoms with Gasteiger partial charge in [0.05, 0.1) is 6.07 Å². The predicted octanol–water partition coefficient (Wildman–Crippen LogP) is 0.523. The molecular weight excluding hydrogens is 204 g/mol. The Kier molecular flexibility index (Phi) is 5.23. The Balaban J connectivity index is 2.32. The van der Waals surface area contributed by atoms with Crippen LogP contribution in [0.25, 0.3) is 0 Å². The number of nitrogens with zero attached hydrogens (tertiary/aromatic N) is 2. The van der Waals surface area contributed by atoms with E-state index in [1.165, 1.54) is 12.8 Å². The van der Waals surface area contributed by atoms with Crippen LogP contribution in [0.2, 0.25) is 0 Å². The largest absolute Gasteiger partial charge is 0.297 e. The Labute approximate surface area is 96.6 Å². The van der Waals surface area contributed by atoms with Crippen LogP contribution in [-0.2, 0) is 4.79 Å². The Morgan fingerprint density at radius 1 is 1.69 bits per heavy atom. The molecule has 1 rings (SSSR count). The van der Waals surface area contributed by atoms with E-state index in [2.05, 4.69) is 23.3 Å². The molecule has 5 heteroatoms. The first-order valence-electron chi connectivity index (χ1n) is 5.81. The van der Waals surface area contributed by atoms with Gasteiger partial charge < -0.3 is 0 Å². The summed E-state index contributed by atoms with van der Waals surface area (Å²) in [5.74, 6) is 4.91. The molecule has 0 aromatic rings. The van der Waals surface area contributed by atoms with E-state index in [1.807, 2.05) is 0 Å². The minimum atomic E-state index is -0.122. The predicted molar refractivity (Wildman–Crippen MR) is 61.0 cm³/mol. The van der Waals surface area contributed by atoms with Crippen LogP contribution >= 0.6 is 0 Å². The maximum absolute atomic E-state index is 11.0. The lowest BCUT2D eigenvalue weighted by atomic mass is 10.1. The third kappa shape index (κ3) is 4.17. The molecule has 0 aromatic carbocycles. The summed E-state index contributed by atoms with van der Waals surface area (Å²) < 4.78 is 0. The van der Waals surface area contributed by atoms with Gasteiger partial charge in [-0.05, 0) is 26.2 Å². The fourth-order valence-electron chi connectivity index (χ4n) is 1.93. The van der Waals surface area contributed by atoms with E-state index >= 15 is 0 Å². The zero-order valence-electron chi connectivity index (χ0n) is 9.78. The van der Waals surface area contributed by atoms with Gasteiger partial charge in [-0.15, -0.1) is 0 Å². The summed E-state index contributed by atoms with van der Waals surface area (Å²) in [4.78, 5) is 13.4. The molecule has 1 aliphatic carbocycles. The molecule has 1 fully saturated rings. The lowest BCUT2D eigenvalue weighted by Crippen LogP contribution is -2.37. The van der Waals surface area contributed by atoms with Crippen molar-refractivity contribution in [1.29, 1.82) is 5.26 Å². The summed E-state index contributed by atoms with van der Waals surface area (Å²) >= 11 is 0. The molecule has 0 spiro atoms. The van der Waals surface area contributed by atoms with E-state index in [0.717, 1.165) is 13.0 Å². The van der Waals surface area contributed by atoms with Gasteiger partial charge in [0.1, 0.15) is 0 Å². The molecule has 5 nitrogen and oxygen atoms in total. The van der Waals surface area contributed by atoms with Crippen LogP contribution in [0.3, 0.4) is 0 Å². The minimum Gasteiger partial charge on any atom is -0.297 e. The SMILES string of the molecule is CC(CCC(=O)NN)N(CCC#N)C1CC1. The van der Waals surface area contributed by atoms with Crippen molar-refractivity contribution in [2.45, 2.75) is 51.1 Å². The molecular formula is C11H20N4O. The molecule has 1 amide bonds. The Bertz CT molecular complexity index is 270. The van der Waals surface area contributed by atoms with Crippen LogP contribution < -0.4 is 11.3 Å². The molecule has 1 atom stereocenters. The average Bonchev–Trinajstić information content (AvgIpc) is 3.10. The highest BCUT2D eigenvalue weighted by Gasteiger charge is 2.31. The first kappa shape index (κ1) is 12.9. The van der Waals surface area contributed by atoms with Gasteiger partial charge in [0.15, 0.2) is 0 Å². The maximum Gasteiger partial charge on any atom is 0.233 e. The van der Waals surface area contributed by atoms with Gasteiger partial charge in [-0.25, -0.2) is 5.84 Å². The molecule has 1 unspecified atom stereocenters. The number of rotatable bonds is 7. The molecule has 0 saturated heterocycles. The third-order valence-corrected chi connectivity index (χ3v) is 3.01. The Morgan fingerprint density at radius 3 is 2.88 bits per heavy atom. The summed E-state index contributed by atoms with van der Waals surface area (Å²) in [5, 5.41) is 8.60. The zero-order valence-corrected chi connectivity index (χ0v) is 9.78. The Hall–Kier alpha value is -1.12. The van der Waals surface area contributed by atoms with Crippen molar-refractivity contribution in [3.63, 3.8) is 0 Å². The molecule has 1 saturated carbocycles. The second kappa shape index (κ2) is 6.46. The lowest BCUT2D eigenvalue weighted by Gasteiger charge is -2.28. The average molecular weight is 224 g/mol. The number of nitriles is 1. The van der Waals surface area contributed by atoms with Crippen molar-refractivity contribution in [3.05, 3.63) is 0 Å². The normalized spacial score (nSPS) is 16.9. The Morgan fingerprint density at radius 2 is 2.38 bits per heavy atom. The number of hydrazine groups is 1. The van der Waals surface area contributed by atoms with Crippen LogP contribution in [0.5, 0.6) is 0 Å². The highest BCUT2D eigenvalue weighted by molar-refractivity contribution is 5.75. The van der Waals surface area contributed by atoms with Crippen LogP contribution in [-0.4, -0.2) is 29.4 Å². The fraction of sp³-hybridized carbons (Fsp3) is 0.818. The number of hydrogen-bond donors (Lipinski definition) is 2. The van der Waals surface area contributed by atoms with E-state index in [0.29, 0.717) is 24.9 Å². The van der Waals surface area contributed by atoms with Gasteiger partial charge >= 0.3 is 0 Å². The van der Waals surface area contributed by atoms with Crippen molar-refractivity contribution in [2.24, 2.45) is 5.84 Å². The quantitative estimate of drug-likeness (QED) is 0.375. The van der Waals surface area contributed by atoms with Crippen molar-refractivity contribution < 1.29 is 4.79 Å². The standard InChI is InChI=1S/C11H20N4O/c1-9(3-6-11(16)14-13)15(8-2-7-12)10-4-5-10/h9-10H,2-6,8,13H2,1H3,(H,14,16). The van der Waals surface area contributed by atoms with Gasteiger partial charge in [-0.2, -0.15) is 5.26 Å². The first-order chi connectivity index (χ1) is 7.69. The number of hydrogen-bond acceptors (Lipinski definition) is 4. The van der Waals surface area contributed by atoms with Gasteiger partial charge in [0.2, 0.25) is 5.91 Å². The molecule has 0 bridgehead atoms. The lowest BCUT2D eigenvalue weighted by molar-refractivity contribution is -0.121. The van der Waals surface area contributed by atoms with E-state index < -0.39 is 0 Å². The summed E-state index contributed by atoms with van der Waals surface area (Å²) in [6.45, 7) is 2.92. The number of nitrogens with one attached hydrogen (secondary N) is 1. The minimum absolute atomic E-state index is 0.122. The molecule has 0 radical (unpaired) electrons. The first-order valence-corrected chi connectivity index (χ1v) is 5.81. The van der Waals surface area contributed by atoms with Crippen molar-refractivity contribution in [2.75, 3.05) is 6.54 Å². The molecule has 0 aromatic heterocycles. The van der Waals surface area contributed by atoms with Crippen LogP contribution in [0.1, 0.15) is 39.0 Å². The molecule has 90 valence electrons. The summed E-state index contributed by atoms with van der Waals surface area (Å²) in [6.07, 6.45) is 4.25. The molecule has 0 heterocycles. The van der Waals surface area contributed by atoms with E-state index in [-0.39, 0.29) is 5.91 Å². The number of carbonyl (C=O) groups excluding carboxylic acids is 1. The number of nitrogens with two attached hydrogens (primary N) is 1. The van der Waals surface area contributed by atoms with Crippen LogP contribution in [0.15, 0.2) is 0 Å². The highest BCUT2D eigenvalue weighted by atomic mass is 16.2.